The fourth-order valence-corrected chi connectivity index (χ4v) is 2.70. The lowest BCUT2D eigenvalue weighted by Crippen LogP contribution is -2.36. The van der Waals surface area contributed by atoms with Crippen LogP contribution < -0.4 is 4.90 Å². The minimum atomic E-state index is -0.259. The van der Waals surface area contributed by atoms with Gasteiger partial charge in [-0.15, -0.1) is 0 Å². The van der Waals surface area contributed by atoms with Gasteiger partial charge in [0, 0.05) is 30.9 Å². The van der Waals surface area contributed by atoms with Gasteiger partial charge in [0.15, 0.2) is 5.82 Å². The molecule has 7 heteroatoms. The van der Waals surface area contributed by atoms with Crippen molar-refractivity contribution < 1.29 is 9.84 Å². The van der Waals surface area contributed by atoms with Gasteiger partial charge in [0.25, 0.3) is 0 Å². The lowest BCUT2D eigenvalue weighted by atomic mass is 10.2. The molecule has 2 aromatic heterocycles. The fraction of sp³-hybridized carbons (Fsp3) is 0.235. The molecule has 0 radical (unpaired) electrons. The average Bonchev–Trinajstić information content (AvgIpc) is 3.13. The van der Waals surface area contributed by atoms with Crippen molar-refractivity contribution >= 4 is 5.82 Å². The van der Waals surface area contributed by atoms with Crippen LogP contribution in [0, 0.1) is 0 Å². The zero-order chi connectivity index (χ0) is 16.4. The number of hydrogen-bond donors (Lipinski definition) is 1. The molecule has 24 heavy (non-hydrogen) atoms. The van der Waals surface area contributed by atoms with E-state index in [-0.39, 0.29) is 6.01 Å². The lowest BCUT2D eigenvalue weighted by molar-refractivity contribution is 0.122. The standard InChI is InChI=1S/C17H17N5O2/c23-17-18-15(21-8-10-24-11-9-21)12-16(19-17)22-7-6-14(20-22)13-4-2-1-3-5-13/h1-7,12H,8-11H2,(H,18,19,23). The molecule has 122 valence electrons. The second-order valence-corrected chi connectivity index (χ2v) is 5.50. The van der Waals surface area contributed by atoms with Crippen molar-refractivity contribution in [3.8, 4) is 23.1 Å². The molecule has 7 nitrogen and oxygen atoms in total. The number of anilines is 1. The number of ether oxygens (including phenoxy) is 1. The van der Waals surface area contributed by atoms with Crippen molar-refractivity contribution in [2.75, 3.05) is 31.2 Å². The van der Waals surface area contributed by atoms with Gasteiger partial charge in [0.2, 0.25) is 0 Å². The molecule has 4 rings (SSSR count). The summed E-state index contributed by atoms with van der Waals surface area (Å²) in [6.45, 7) is 2.79. The minimum Gasteiger partial charge on any atom is -0.479 e. The van der Waals surface area contributed by atoms with Crippen molar-refractivity contribution in [2.45, 2.75) is 0 Å². The Morgan fingerprint density at radius 3 is 2.50 bits per heavy atom. The molecule has 0 aliphatic carbocycles. The van der Waals surface area contributed by atoms with E-state index in [4.69, 9.17) is 4.74 Å². The van der Waals surface area contributed by atoms with Gasteiger partial charge >= 0.3 is 6.01 Å². The summed E-state index contributed by atoms with van der Waals surface area (Å²) in [6.07, 6.45) is 1.83. The molecule has 1 aliphatic rings. The van der Waals surface area contributed by atoms with Gasteiger partial charge in [-0.25, -0.2) is 4.68 Å². The van der Waals surface area contributed by atoms with E-state index < -0.39 is 0 Å². The van der Waals surface area contributed by atoms with Crippen LogP contribution in [-0.2, 0) is 4.74 Å². The van der Waals surface area contributed by atoms with Crippen molar-refractivity contribution in [2.24, 2.45) is 0 Å². The largest absolute Gasteiger partial charge is 0.479 e. The lowest BCUT2D eigenvalue weighted by Gasteiger charge is -2.27. The Kier molecular flexibility index (Phi) is 3.84. The van der Waals surface area contributed by atoms with E-state index in [0.29, 0.717) is 24.8 Å². The predicted molar refractivity (Wildman–Crippen MR) is 89.3 cm³/mol. The van der Waals surface area contributed by atoms with E-state index >= 15 is 0 Å². The van der Waals surface area contributed by atoms with E-state index in [1.54, 1.807) is 4.68 Å². The smallest absolute Gasteiger partial charge is 0.317 e. The topological polar surface area (TPSA) is 76.3 Å². The minimum absolute atomic E-state index is 0.259. The molecule has 0 amide bonds. The molecule has 1 aromatic carbocycles. The zero-order valence-corrected chi connectivity index (χ0v) is 13.0. The maximum atomic E-state index is 9.89. The van der Waals surface area contributed by atoms with Crippen molar-refractivity contribution in [1.82, 2.24) is 19.7 Å². The van der Waals surface area contributed by atoms with E-state index in [1.807, 2.05) is 48.7 Å². The summed E-state index contributed by atoms with van der Waals surface area (Å²) in [5.74, 6) is 1.21. The monoisotopic (exact) mass is 323 g/mol. The molecule has 0 bridgehead atoms. The van der Waals surface area contributed by atoms with Crippen LogP contribution in [0.5, 0.6) is 6.01 Å². The van der Waals surface area contributed by atoms with E-state index in [2.05, 4.69) is 20.0 Å². The predicted octanol–water partition coefficient (Wildman–Crippen LogP) is 1.87. The van der Waals surface area contributed by atoms with E-state index in [9.17, 15) is 5.11 Å². The number of hydrogen-bond acceptors (Lipinski definition) is 6. The van der Waals surface area contributed by atoms with Crippen molar-refractivity contribution in [3.63, 3.8) is 0 Å². The molecule has 3 aromatic rings. The van der Waals surface area contributed by atoms with Crippen LogP contribution in [0.4, 0.5) is 5.82 Å². The van der Waals surface area contributed by atoms with Gasteiger partial charge in [-0.2, -0.15) is 15.1 Å². The number of aromatic hydroxyl groups is 1. The fourth-order valence-electron chi connectivity index (χ4n) is 2.70. The third-order valence-corrected chi connectivity index (χ3v) is 3.92. The second-order valence-electron chi connectivity index (χ2n) is 5.50. The maximum Gasteiger partial charge on any atom is 0.317 e. The summed E-state index contributed by atoms with van der Waals surface area (Å²) >= 11 is 0. The molecular weight excluding hydrogens is 306 g/mol. The molecule has 0 atom stereocenters. The van der Waals surface area contributed by atoms with Crippen molar-refractivity contribution in [3.05, 3.63) is 48.7 Å². The Morgan fingerprint density at radius 1 is 0.958 bits per heavy atom. The Balaban J connectivity index is 1.67. The number of rotatable bonds is 3. The van der Waals surface area contributed by atoms with Crippen LogP contribution in [0.3, 0.4) is 0 Å². The second kappa shape index (κ2) is 6.29. The van der Waals surface area contributed by atoms with Gasteiger partial charge in [0.1, 0.15) is 5.82 Å². The molecular formula is C17H17N5O2. The summed E-state index contributed by atoms with van der Waals surface area (Å²) in [7, 11) is 0. The highest BCUT2D eigenvalue weighted by atomic mass is 16.5. The summed E-state index contributed by atoms with van der Waals surface area (Å²) in [6, 6.07) is 13.4. The van der Waals surface area contributed by atoms with Crippen LogP contribution in [0.25, 0.3) is 17.1 Å². The van der Waals surface area contributed by atoms with Crippen LogP contribution in [0.2, 0.25) is 0 Å². The molecule has 1 N–H and O–H groups in total. The Labute approximate surface area is 139 Å². The summed E-state index contributed by atoms with van der Waals surface area (Å²) < 4.78 is 7.00. The Bertz CT molecular complexity index is 828. The summed E-state index contributed by atoms with van der Waals surface area (Å²) in [4.78, 5) is 10.3. The van der Waals surface area contributed by atoms with Crippen LogP contribution in [0.15, 0.2) is 48.7 Å². The third kappa shape index (κ3) is 2.93. The first-order valence-corrected chi connectivity index (χ1v) is 7.82. The highest BCUT2D eigenvalue weighted by Crippen LogP contribution is 2.21. The molecule has 0 saturated carbocycles. The number of benzene rings is 1. The molecule has 1 aliphatic heterocycles. The number of morpholine rings is 1. The van der Waals surface area contributed by atoms with Gasteiger partial charge < -0.3 is 14.7 Å². The van der Waals surface area contributed by atoms with E-state index in [0.717, 1.165) is 24.3 Å². The van der Waals surface area contributed by atoms with Gasteiger partial charge in [-0.1, -0.05) is 30.3 Å². The average molecular weight is 323 g/mol. The molecule has 1 fully saturated rings. The summed E-state index contributed by atoms with van der Waals surface area (Å²) in [5, 5.41) is 14.4. The number of nitrogens with zero attached hydrogens (tertiary/aromatic N) is 5. The van der Waals surface area contributed by atoms with E-state index in [1.165, 1.54) is 0 Å². The first kappa shape index (κ1) is 14.6. The van der Waals surface area contributed by atoms with Gasteiger partial charge in [0.05, 0.1) is 18.9 Å². The maximum absolute atomic E-state index is 9.89. The molecule has 0 spiro atoms. The Hall–Kier alpha value is -2.93. The van der Waals surface area contributed by atoms with Crippen LogP contribution in [-0.4, -0.2) is 51.2 Å². The molecule has 1 saturated heterocycles. The Morgan fingerprint density at radius 2 is 1.71 bits per heavy atom. The van der Waals surface area contributed by atoms with Crippen molar-refractivity contribution in [1.29, 1.82) is 0 Å². The van der Waals surface area contributed by atoms with Gasteiger partial charge in [-0.05, 0) is 6.07 Å². The highest BCUT2D eigenvalue weighted by Gasteiger charge is 2.16. The first-order valence-electron chi connectivity index (χ1n) is 7.82. The van der Waals surface area contributed by atoms with Crippen LogP contribution in [0.1, 0.15) is 0 Å². The summed E-state index contributed by atoms with van der Waals surface area (Å²) in [5.41, 5.74) is 1.88. The highest BCUT2D eigenvalue weighted by molar-refractivity contribution is 5.58. The normalized spacial score (nSPS) is 14.8. The zero-order valence-electron chi connectivity index (χ0n) is 13.0. The quantitative estimate of drug-likeness (QED) is 0.793. The number of aromatic nitrogens is 4. The van der Waals surface area contributed by atoms with Gasteiger partial charge in [-0.3, -0.25) is 0 Å². The van der Waals surface area contributed by atoms with Crippen LogP contribution >= 0.6 is 0 Å². The SMILES string of the molecule is Oc1nc(N2CCOCC2)cc(-n2ccc(-c3ccccc3)n2)n1. The molecule has 3 heterocycles. The first-order chi connectivity index (χ1) is 11.8. The third-order valence-electron chi connectivity index (χ3n) is 3.92. The molecule has 0 unspecified atom stereocenters.